The van der Waals surface area contributed by atoms with Gasteiger partial charge in [-0.2, -0.15) is 0 Å². The Bertz CT molecular complexity index is 517. The minimum Gasteiger partial charge on any atom is -0.392 e. The van der Waals surface area contributed by atoms with Gasteiger partial charge in [0.25, 0.3) is 0 Å². The third-order valence-corrected chi connectivity index (χ3v) is 4.51. The molecule has 0 radical (unpaired) electrons. The van der Waals surface area contributed by atoms with Crippen molar-refractivity contribution in [1.82, 2.24) is 15.5 Å². The van der Waals surface area contributed by atoms with Crippen LogP contribution in [0.3, 0.4) is 0 Å². The van der Waals surface area contributed by atoms with Crippen molar-refractivity contribution in [2.45, 2.75) is 58.3 Å². The summed E-state index contributed by atoms with van der Waals surface area (Å²) in [5, 5.41) is 15.2. The minimum atomic E-state index is -0.132. The van der Waals surface area contributed by atoms with E-state index >= 15 is 0 Å². The van der Waals surface area contributed by atoms with Crippen LogP contribution in [0.5, 0.6) is 0 Å². The highest BCUT2D eigenvalue weighted by atomic mass is 16.3. The first kappa shape index (κ1) is 17.8. The molecule has 3 N–H and O–H groups in total. The van der Waals surface area contributed by atoms with E-state index in [4.69, 9.17) is 0 Å². The molecule has 23 heavy (non-hydrogen) atoms. The lowest BCUT2D eigenvalue weighted by molar-refractivity contribution is 0.0978. The summed E-state index contributed by atoms with van der Waals surface area (Å²) in [4.78, 5) is 14.5. The molecule has 1 aromatic carbocycles. The topological polar surface area (TPSA) is 64.6 Å². The van der Waals surface area contributed by atoms with E-state index in [1.807, 2.05) is 24.3 Å². The maximum atomic E-state index is 12.1. The van der Waals surface area contributed by atoms with E-state index in [9.17, 15) is 9.90 Å². The van der Waals surface area contributed by atoms with Crippen molar-refractivity contribution in [2.24, 2.45) is 0 Å². The van der Waals surface area contributed by atoms with Crippen LogP contribution in [-0.4, -0.2) is 40.7 Å². The summed E-state index contributed by atoms with van der Waals surface area (Å²) in [6.07, 6.45) is 1.97. The number of nitrogens with one attached hydrogen (secondary N) is 2. The number of aliphatic hydroxyl groups is 1. The number of carbonyl (C=O) groups excluding carboxylic acids is 1. The number of hydrogen-bond donors (Lipinski definition) is 3. The highest BCUT2D eigenvalue weighted by Crippen LogP contribution is 2.20. The Morgan fingerprint density at radius 1 is 1.22 bits per heavy atom. The molecule has 0 saturated carbocycles. The number of benzene rings is 1. The van der Waals surface area contributed by atoms with E-state index < -0.39 is 0 Å². The van der Waals surface area contributed by atoms with Crippen LogP contribution in [0.15, 0.2) is 24.3 Å². The Morgan fingerprint density at radius 3 is 2.39 bits per heavy atom. The van der Waals surface area contributed by atoms with E-state index in [2.05, 4.69) is 36.3 Å². The third kappa shape index (κ3) is 5.22. The second kappa shape index (κ2) is 7.79. The SMILES string of the molecule is CC(C)(C)N1CCC(NC(=O)NCc2ccccc2CO)CC1. The second-order valence-corrected chi connectivity index (χ2v) is 7.19. The fourth-order valence-corrected chi connectivity index (χ4v) is 2.99. The molecule has 1 heterocycles. The molecule has 0 aliphatic carbocycles. The van der Waals surface area contributed by atoms with Crippen molar-refractivity contribution in [3.05, 3.63) is 35.4 Å². The lowest BCUT2D eigenvalue weighted by atomic mass is 9.98. The number of aliphatic hydroxyl groups excluding tert-OH is 1. The number of urea groups is 1. The Morgan fingerprint density at radius 2 is 1.83 bits per heavy atom. The van der Waals surface area contributed by atoms with Crippen LogP contribution in [0.2, 0.25) is 0 Å². The van der Waals surface area contributed by atoms with E-state index in [-0.39, 0.29) is 24.2 Å². The lowest BCUT2D eigenvalue weighted by Gasteiger charge is -2.41. The summed E-state index contributed by atoms with van der Waals surface area (Å²) in [6, 6.07) is 7.70. The molecule has 0 spiro atoms. The number of rotatable bonds is 4. The fourth-order valence-electron chi connectivity index (χ4n) is 2.99. The summed E-state index contributed by atoms with van der Waals surface area (Å²) in [5.74, 6) is 0. The average molecular weight is 319 g/mol. The van der Waals surface area contributed by atoms with E-state index in [1.54, 1.807) is 0 Å². The molecule has 2 rings (SSSR count). The van der Waals surface area contributed by atoms with E-state index in [1.165, 1.54) is 0 Å². The van der Waals surface area contributed by atoms with Crippen LogP contribution in [0.25, 0.3) is 0 Å². The summed E-state index contributed by atoms with van der Waals surface area (Å²) in [5.41, 5.74) is 2.00. The zero-order valence-electron chi connectivity index (χ0n) is 14.4. The number of carbonyl (C=O) groups is 1. The molecule has 0 unspecified atom stereocenters. The maximum Gasteiger partial charge on any atom is 0.315 e. The number of nitrogens with zero attached hydrogens (tertiary/aromatic N) is 1. The summed E-state index contributed by atoms with van der Waals surface area (Å²) >= 11 is 0. The van der Waals surface area contributed by atoms with E-state index in [0.717, 1.165) is 37.1 Å². The van der Waals surface area contributed by atoms with Gasteiger partial charge in [0.15, 0.2) is 0 Å². The van der Waals surface area contributed by atoms with Crippen molar-refractivity contribution in [3.63, 3.8) is 0 Å². The first-order chi connectivity index (χ1) is 10.9. The van der Waals surface area contributed by atoms with Gasteiger partial charge < -0.3 is 15.7 Å². The molecule has 1 aliphatic rings. The van der Waals surface area contributed by atoms with Gasteiger partial charge in [-0.05, 0) is 44.7 Å². The first-order valence-electron chi connectivity index (χ1n) is 8.37. The highest BCUT2D eigenvalue weighted by Gasteiger charge is 2.27. The molecule has 1 aliphatic heterocycles. The molecular formula is C18H29N3O2. The van der Waals surface area contributed by atoms with Crippen molar-refractivity contribution < 1.29 is 9.90 Å². The zero-order chi connectivity index (χ0) is 16.9. The molecule has 1 saturated heterocycles. The van der Waals surface area contributed by atoms with Crippen LogP contribution in [0.1, 0.15) is 44.7 Å². The van der Waals surface area contributed by atoms with Crippen molar-refractivity contribution in [1.29, 1.82) is 0 Å². The molecule has 128 valence electrons. The molecule has 0 aromatic heterocycles. The Balaban J connectivity index is 1.76. The molecule has 5 nitrogen and oxygen atoms in total. The van der Waals surface area contributed by atoms with Gasteiger partial charge >= 0.3 is 6.03 Å². The average Bonchev–Trinajstić information content (AvgIpc) is 2.53. The molecular weight excluding hydrogens is 290 g/mol. The van der Waals surface area contributed by atoms with Gasteiger partial charge in [0.2, 0.25) is 0 Å². The predicted octanol–water partition coefficient (Wildman–Crippen LogP) is 2.24. The smallest absolute Gasteiger partial charge is 0.315 e. The fraction of sp³-hybridized carbons (Fsp3) is 0.611. The van der Waals surface area contributed by atoms with Gasteiger partial charge in [-0.25, -0.2) is 4.79 Å². The third-order valence-electron chi connectivity index (χ3n) is 4.51. The lowest BCUT2D eigenvalue weighted by Crippen LogP contribution is -2.52. The molecule has 0 bridgehead atoms. The van der Waals surface area contributed by atoms with Crippen molar-refractivity contribution >= 4 is 6.03 Å². The molecule has 2 amide bonds. The van der Waals surface area contributed by atoms with Gasteiger partial charge in [-0.1, -0.05) is 24.3 Å². The van der Waals surface area contributed by atoms with Crippen LogP contribution in [0.4, 0.5) is 4.79 Å². The summed E-state index contributed by atoms with van der Waals surface area (Å²) < 4.78 is 0. The van der Waals surface area contributed by atoms with Crippen molar-refractivity contribution in [2.75, 3.05) is 13.1 Å². The second-order valence-electron chi connectivity index (χ2n) is 7.19. The predicted molar refractivity (Wildman–Crippen MR) is 92.1 cm³/mol. The number of likely N-dealkylation sites (tertiary alicyclic amines) is 1. The normalized spacial score (nSPS) is 17.0. The van der Waals surface area contributed by atoms with Gasteiger partial charge in [0.1, 0.15) is 0 Å². The van der Waals surface area contributed by atoms with Gasteiger partial charge in [0.05, 0.1) is 6.61 Å². The summed E-state index contributed by atoms with van der Waals surface area (Å²) in [6.45, 7) is 9.14. The van der Waals surface area contributed by atoms with Crippen LogP contribution in [-0.2, 0) is 13.2 Å². The quantitative estimate of drug-likeness (QED) is 0.797. The van der Waals surface area contributed by atoms with Gasteiger partial charge in [0, 0.05) is 31.2 Å². The van der Waals surface area contributed by atoms with Crippen molar-refractivity contribution in [3.8, 4) is 0 Å². The molecule has 1 aromatic rings. The monoisotopic (exact) mass is 319 g/mol. The van der Waals surface area contributed by atoms with Gasteiger partial charge in [-0.3, -0.25) is 4.90 Å². The van der Waals surface area contributed by atoms with Crippen LogP contribution < -0.4 is 10.6 Å². The summed E-state index contributed by atoms with van der Waals surface area (Å²) in [7, 11) is 0. The minimum absolute atomic E-state index is 0.00919. The standard InChI is InChI=1S/C18H29N3O2/c1-18(2,3)21-10-8-16(9-11-21)20-17(23)19-12-14-6-4-5-7-15(14)13-22/h4-7,16,22H,8-13H2,1-3H3,(H2,19,20,23). The Labute approximate surface area is 139 Å². The number of amides is 2. The van der Waals surface area contributed by atoms with Gasteiger partial charge in [-0.15, -0.1) is 0 Å². The molecule has 0 atom stereocenters. The number of hydrogen-bond acceptors (Lipinski definition) is 3. The molecule has 1 fully saturated rings. The largest absolute Gasteiger partial charge is 0.392 e. The van der Waals surface area contributed by atoms with Crippen LogP contribution in [0, 0.1) is 0 Å². The van der Waals surface area contributed by atoms with Crippen LogP contribution >= 0.6 is 0 Å². The highest BCUT2D eigenvalue weighted by molar-refractivity contribution is 5.74. The maximum absolute atomic E-state index is 12.1. The zero-order valence-corrected chi connectivity index (χ0v) is 14.4. The Kier molecular flexibility index (Phi) is 6.02. The van der Waals surface area contributed by atoms with E-state index in [0.29, 0.717) is 6.54 Å². The molecule has 5 heteroatoms. The first-order valence-corrected chi connectivity index (χ1v) is 8.37. The number of piperidine rings is 1. The Hall–Kier alpha value is -1.59.